The van der Waals surface area contributed by atoms with E-state index < -0.39 is 16.5 Å². The topological polar surface area (TPSA) is 135 Å². The molecule has 2 aromatic heterocycles. The van der Waals surface area contributed by atoms with Crippen LogP contribution < -0.4 is 16.2 Å². The number of halogens is 2. The molecule has 10 nitrogen and oxygen atoms in total. The number of nitro groups is 1. The van der Waals surface area contributed by atoms with Gasteiger partial charge in [-0.2, -0.15) is 0 Å². The van der Waals surface area contributed by atoms with E-state index in [4.69, 9.17) is 0 Å². The fourth-order valence-electron chi connectivity index (χ4n) is 2.13. The van der Waals surface area contributed by atoms with Crippen LogP contribution in [-0.2, 0) is 0 Å². The highest BCUT2D eigenvalue weighted by molar-refractivity contribution is 9.10. The van der Waals surface area contributed by atoms with E-state index in [9.17, 15) is 14.9 Å². The largest absolute Gasteiger partial charge is 0.355 e. The van der Waals surface area contributed by atoms with Gasteiger partial charge in [-0.15, -0.1) is 0 Å². The Hall–Kier alpha value is -3.12. The molecule has 2 heterocycles. The number of rotatable bonds is 6. The Balaban J connectivity index is 1.83. The molecule has 1 amide bonds. The minimum absolute atomic E-state index is 0.0764. The number of benzene rings is 1. The van der Waals surface area contributed by atoms with Crippen LogP contribution in [0.3, 0.4) is 0 Å². The normalized spacial score (nSPS) is 10.2. The summed E-state index contributed by atoms with van der Waals surface area (Å²) in [5, 5.41) is 14.3. The smallest absolute Gasteiger partial charge is 0.319 e. The highest BCUT2D eigenvalue weighted by Crippen LogP contribution is 2.30. The van der Waals surface area contributed by atoms with Crippen molar-refractivity contribution in [3.63, 3.8) is 0 Å². The van der Waals surface area contributed by atoms with Gasteiger partial charge in [0, 0.05) is 15.1 Å². The molecular formula is C16H11Br2N7O3. The monoisotopic (exact) mass is 507 g/mol. The van der Waals surface area contributed by atoms with Gasteiger partial charge >= 0.3 is 5.69 Å². The average molecular weight is 509 g/mol. The number of nitrogens with zero attached hydrogens (tertiary/aromatic N) is 4. The van der Waals surface area contributed by atoms with Crippen molar-refractivity contribution in [3.8, 4) is 0 Å². The van der Waals surface area contributed by atoms with Crippen LogP contribution in [0.25, 0.3) is 0 Å². The van der Waals surface area contributed by atoms with Gasteiger partial charge < -0.3 is 5.32 Å². The van der Waals surface area contributed by atoms with Crippen molar-refractivity contribution in [1.29, 1.82) is 0 Å². The molecule has 3 aromatic rings. The summed E-state index contributed by atoms with van der Waals surface area (Å²) in [5.41, 5.74) is 4.77. The standard InChI is InChI=1S/C16H11Br2N7O3/c17-9-5-6-12(19-7-9)22-14-13(25(27)28)15(21-8-20-14)23-24-16(26)10-3-1-2-4-11(10)18/h1-8H,(H,24,26)(H2,19,20,21,22,23). The van der Waals surface area contributed by atoms with Gasteiger partial charge in [-0.05, 0) is 56.1 Å². The first-order chi connectivity index (χ1) is 13.5. The molecule has 0 fully saturated rings. The SMILES string of the molecule is O=C(NNc1ncnc(Nc2ccc(Br)cn2)c1[N+](=O)[O-])c1ccccc1Br. The first-order valence-electron chi connectivity index (χ1n) is 7.64. The van der Waals surface area contributed by atoms with Crippen LogP contribution in [0.4, 0.5) is 23.1 Å². The quantitative estimate of drug-likeness (QED) is 0.338. The lowest BCUT2D eigenvalue weighted by molar-refractivity contribution is -0.383. The van der Waals surface area contributed by atoms with Crippen LogP contribution >= 0.6 is 31.9 Å². The fourth-order valence-corrected chi connectivity index (χ4v) is 2.83. The minimum Gasteiger partial charge on any atom is -0.319 e. The molecule has 0 bridgehead atoms. The van der Waals surface area contributed by atoms with Crippen molar-refractivity contribution >= 4 is 60.9 Å². The number of hydrogen-bond acceptors (Lipinski definition) is 8. The first-order valence-corrected chi connectivity index (χ1v) is 9.23. The molecule has 28 heavy (non-hydrogen) atoms. The van der Waals surface area contributed by atoms with Crippen molar-refractivity contribution in [3.05, 3.63) is 73.5 Å². The third kappa shape index (κ3) is 4.58. The van der Waals surface area contributed by atoms with Crippen LogP contribution in [-0.4, -0.2) is 25.8 Å². The molecule has 1 aromatic carbocycles. The Morgan fingerprint density at radius 3 is 2.46 bits per heavy atom. The Morgan fingerprint density at radius 2 is 1.79 bits per heavy atom. The Bertz CT molecular complexity index is 1030. The summed E-state index contributed by atoms with van der Waals surface area (Å²) in [7, 11) is 0. The van der Waals surface area contributed by atoms with Gasteiger partial charge in [0.05, 0.1) is 10.5 Å². The molecule has 142 valence electrons. The summed E-state index contributed by atoms with van der Waals surface area (Å²) >= 11 is 6.53. The van der Waals surface area contributed by atoms with E-state index >= 15 is 0 Å². The maximum atomic E-state index is 12.3. The average Bonchev–Trinajstić information content (AvgIpc) is 2.68. The van der Waals surface area contributed by atoms with Gasteiger partial charge in [-0.25, -0.2) is 15.0 Å². The van der Waals surface area contributed by atoms with Gasteiger partial charge in [0.1, 0.15) is 12.1 Å². The first kappa shape index (κ1) is 19.6. The second-order valence-corrected chi connectivity index (χ2v) is 6.99. The van der Waals surface area contributed by atoms with E-state index in [2.05, 4.69) is 63.0 Å². The number of hydrogen-bond donors (Lipinski definition) is 3. The van der Waals surface area contributed by atoms with Gasteiger partial charge in [0.2, 0.25) is 11.6 Å². The highest BCUT2D eigenvalue weighted by Gasteiger charge is 2.24. The predicted molar refractivity (Wildman–Crippen MR) is 109 cm³/mol. The molecule has 0 saturated carbocycles. The molecule has 0 aliphatic carbocycles. The molecule has 0 radical (unpaired) electrons. The summed E-state index contributed by atoms with van der Waals surface area (Å²) in [5.74, 6) is -0.398. The zero-order valence-corrected chi connectivity index (χ0v) is 17.1. The number of aromatic nitrogens is 3. The Morgan fingerprint density at radius 1 is 1.04 bits per heavy atom. The second kappa shape index (κ2) is 8.71. The summed E-state index contributed by atoms with van der Waals surface area (Å²) in [6.07, 6.45) is 2.66. The number of carbonyl (C=O) groups excluding carboxylic acids is 1. The van der Waals surface area contributed by atoms with Gasteiger partial charge in [0.25, 0.3) is 5.91 Å². The van der Waals surface area contributed by atoms with E-state index in [1.807, 2.05) is 0 Å². The van der Waals surface area contributed by atoms with E-state index in [-0.39, 0.29) is 11.6 Å². The Kier molecular flexibility index (Phi) is 6.11. The number of hydrazine groups is 1. The molecule has 3 N–H and O–H groups in total. The predicted octanol–water partition coefficient (Wildman–Crippen LogP) is 3.81. The number of carbonyl (C=O) groups is 1. The molecular weight excluding hydrogens is 498 g/mol. The van der Waals surface area contributed by atoms with Crippen LogP contribution in [0.2, 0.25) is 0 Å². The van der Waals surface area contributed by atoms with Crippen LogP contribution in [0, 0.1) is 10.1 Å². The van der Waals surface area contributed by atoms with Gasteiger partial charge in [0.15, 0.2) is 0 Å². The summed E-state index contributed by atoms with van der Waals surface area (Å²) in [6.45, 7) is 0. The maximum Gasteiger partial charge on any atom is 0.355 e. The zero-order chi connectivity index (χ0) is 20.1. The molecule has 0 atom stereocenters. The van der Waals surface area contributed by atoms with E-state index in [1.165, 1.54) is 6.20 Å². The van der Waals surface area contributed by atoms with Crippen molar-refractivity contribution < 1.29 is 9.72 Å². The van der Waals surface area contributed by atoms with E-state index in [1.54, 1.807) is 36.4 Å². The Labute approximate surface area is 175 Å². The lowest BCUT2D eigenvalue weighted by atomic mass is 10.2. The summed E-state index contributed by atoms with van der Waals surface area (Å²) in [6, 6.07) is 10.1. The summed E-state index contributed by atoms with van der Waals surface area (Å²) < 4.78 is 1.34. The highest BCUT2D eigenvalue weighted by atomic mass is 79.9. The van der Waals surface area contributed by atoms with E-state index in [0.29, 0.717) is 15.9 Å². The molecule has 3 rings (SSSR count). The number of pyridine rings is 1. The van der Waals surface area contributed by atoms with Crippen LogP contribution in [0.1, 0.15) is 10.4 Å². The second-order valence-electron chi connectivity index (χ2n) is 5.22. The maximum absolute atomic E-state index is 12.3. The van der Waals surface area contributed by atoms with Gasteiger partial charge in [-0.1, -0.05) is 12.1 Å². The van der Waals surface area contributed by atoms with Gasteiger partial charge in [-0.3, -0.25) is 25.8 Å². The minimum atomic E-state index is -0.659. The number of amides is 1. The zero-order valence-electron chi connectivity index (χ0n) is 13.9. The van der Waals surface area contributed by atoms with Crippen molar-refractivity contribution in [2.75, 3.05) is 10.7 Å². The molecule has 12 heteroatoms. The third-order valence-electron chi connectivity index (χ3n) is 3.39. The van der Waals surface area contributed by atoms with Crippen molar-refractivity contribution in [1.82, 2.24) is 20.4 Å². The fraction of sp³-hybridized carbons (Fsp3) is 0. The lowest BCUT2D eigenvalue weighted by Gasteiger charge is -2.11. The van der Waals surface area contributed by atoms with Crippen LogP contribution in [0.15, 0.2) is 57.9 Å². The molecule has 0 aliphatic rings. The van der Waals surface area contributed by atoms with Crippen molar-refractivity contribution in [2.45, 2.75) is 0 Å². The summed E-state index contributed by atoms with van der Waals surface area (Å²) in [4.78, 5) is 35.0. The molecule has 0 saturated heterocycles. The molecule has 0 aliphatic heterocycles. The third-order valence-corrected chi connectivity index (χ3v) is 4.55. The van der Waals surface area contributed by atoms with Crippen molar-refractivity contribution in [2.24, 2.45) is 0 Å². The van der Waals surface area contributed by atoms with E-state index in [0.717, 1.165) is 10.8 Å². The lowest BCUT2D eigenvalue weighted by Crippen LogP contribution is -2.30. The molecule has 0 spiro atoms. The van der Waals surface area contributed by atoms with Crippen LogP contribution in [0.5, 0.6) is 0 Å². The number of anilines is 3. The molecule has 0 unspecified atom stereocenters. The number of nitrogens with one attached hydrogen (secondary N) is 3.